The first kappa shape index (κ1) is 42.6. The first-order valence-electron chi connectivity index (χ1n) is 15.0. The van der Waals surface area contributed by atoms with Crippen molar-refractivity contribution in [2.75, 3.05) is 5.73 Å². The van der Waals surface area contributed by atoms with Crippen LogP contribution < -0.4 is 5.73 Å². The van der Waals surface area contributed by atoms with Crippen molar-refractivity contribution in [1.29, 1.82) is 0 Å². The number of phenolic OH excluding ortho intramolecular Hbond substituents is 3. The molecule has 0 aromatic heterocycles. The van der Waals surface area contributed by atoms with Crippen LogP contribution in [0.4, 0.5) is 28.4 Å². The molecule has 0 amide bonds. The van der Waals surface area contributed by atoms with Gasteiger partial charge >= 0.3 is 0 Å². The second-order valence-electron chi connectivity index (χ2n) is 11.1. The number of phenols is 3. The molecule has 0 spiro atoms. The molecule has 0 unspecified atom stereocenters. The monoisotopic (exact) mass is 899 g/mol. The second-order valence-corrected chi connectivity index (χ2v) is 16.2. The average Bonchev–Trinajstić information content (AvgIpc) is 3.17. The summed E-state index contributed by atoms with van der Waals surface area (Å²) in [5.41, 5.74) is 5.01. The lowest BCUT2D eigenvalue weighted by Gasteiger charge is -2.15. The predicted octanol–water partition coefficient (Wildman–Crippen LogP) is 8.45. The number of hydrogen-bond donors (Lipinski definition) is 9. The summed E-state index contributed by atoms with van der Waals surface area (Å²) in [6.07, 6.45) is 0. The number of nitrogens with zero attached hydrogens (tertiary/aromatic N) is 4. The minimum absolute atomic E-state index is 0.0230. The normalized spacial score (nSPS) is 12.6. The van der Waals surface area contributed by atoms with Gasteiger partial charge in [-0.1, -0.05) is 21.2 Å². The van der Waals surface area contributed by atoms with Crippen molar-refractivity contribution < 1.29 is 85.1 Å². The largest absolute Gasteiger partial charge is 0.507 e. The molecular weight excluding hydrogens is 879 g/mol. The molecule has 304 valence electrons. The first-order valence-corrected chi connectivity index (χ1v) is 20.1. The van der Waals surface area contributed by atoms with Crippen LogP contribution in [0.2, 0.25) is 0 Å². The SMILES string of the molecule is Nc1c(N=Nc2ccc3cc(S(=O)(=O)O)cc(O)c3c2)cc(S(=O)(=O)O)c2cc(SOOO)c(N=Nc3ccc4c(O)cc(SOOO)cc4c3SOOO)c(O)c12. The number of aromatic hydroxyl groups is 3. The summed E-state index contributed by atoms with van der Waals surface area (Å²) in [6.45, 7) is 0. The van der Waals surface area contributed by atoms with E-state index in [2.05, 4.69) is 48.6 Å². The second kappa shape index (κ2) is 17.5. The Hall–Kier alpha value is -4.99. The first-order chi connectivity index (χ1) is 27.5. The van der Waals surface area contributed by atoms with Gasteiger partial charge in [0, 0.05) is 32.5 Å². The molecule has 28 heteroatoms. The highest BCUT2D eigenvalue weighted by molar-refractivity contribution is 7.95. The lowest BCUT2D eigenvalue weighted by Crippen LogP contribution is -2.02. The fourth-order valence-electron chi connectivity index (χ4n) is 5.41. The molecule has 6 rings (SSSR count). The summed E-state index contributed by atoms with van der Waals surface area (Å²) in [5, 5.41) is 86.0. The van der Waals surface area contributed by atoms with Gasteiger partial charge in [0.25, 0.3) is 20.2 Å². The van der Waals surface area contributed by atoms with Crippen molar-refractivity contribution in [2.45, 2.75) is 24.5 Å². The van der Waals surface area contributed by atoms with E-state index in [1.807, 2.05) is 0 Å². The molecule has 6 aromatic rings. The molecule has 0 aliphatic rings. The Morgan fingerprint density at radius 1 is 0.603 bits per heavy atom. The maximum absolute atomic E-state index is 12.7. The van der Waals surface area contributed by atoms with Gasteiger partial charge in [-0.15, -0.1) is 28.3 Å². The molecule has 0 radical (unpaired) electrons. The number of fused-ring (bicyclic) bond motifs is 3. The summed E-state index contributed by atoms with van der Waals surface area (Å²) in [7, 11) is -9.78. The van der Waals surface area contributed by atoms with Crippen molar-refractivity contribution in [2.24, 2.45) is 20.5 Å². The molecule has 10 N–H and O–H groups in total. The minimum Gasteiger partial charge on any atom is -0.507 e. The number of anilines is 1. The molecule has 0 aliphatic heterocycles. The highest BCUT2D eigenvalue weighted by Crippen LogP contribution is 2.51. The van der Waals surface area contributed by atoms with Crippen LogP contribution in [0.25, 0.3) is 32.3 Å². The van der Waals surface area contributed by atoms with E-state index < -0.39 is 69.4 Å². The number of azo groups is 2. The molecule has 0 atom stereocenters. The minimum atomic E-state index is -5.13. The molecule has 6 aromatic carbocycles. The number of nitrogens with two attached hydrogens (primary N) is 1. The predicted molar refractivity (Wildman–Crippen MR) is 201 cm³/mol. The van der Waals surface area contributed by atoms with Gasteiger partial charge in [-0.3, -0.25) is 9.11 Å². The van der Waals surface area contributed by atoms with Gasteiger partial charge in [0.05, 0.1) is 67.6 Å². The molecule has 0 saturated heterocycles. The molecule has 23 nitrogen and oxygen atoms in total. The summed E-state index contributed by atoms with van der Waals surface area (Å²) in [6, 6.07) is 13.1. The van der Waals surface area contributed by atoms with Gasteiger partial charge in [-0.2, -0.15) is 21.9 Å². The molecular formula is C30H21N5O18S5. The van der Waals surface area contributed by atoms with Gasteiger partial charge in [0.15, 0.2) is 5.75 Å². The molecule has 0 heterocycles. The zero-order valence-corrected chi connectivity index (χ0v) is 32.0. The van der Waals surface area contributed by atoms with E-state index in [1.165, 1.54) is 42.5 Å². The standard InChI is InChI=1S/C30H21N5O18S5/c31-27-21(34-32-13-2-1-12-5-15(57(42,43)44)9-23(37)17(12)6-13)11-25(58(45,46)47)19-10-24(55-52-49-40)28(29(38)26(19)27)35-33-20-4-3-16-18(30(20)56-53-50-41)7-14(8-22(16)36)54-51-48-39/h1-11,36-41H,31H2,(H,42,43,44)(H,45,46,47). The lowest BCUT2D eigenvalue weighted by molar-refractivity contribution is -0.432. The zero-order chi connectivity index (χ0) is 41.9. The van der Waals surface area contributed by atoms with Gasteiger partial charge in [-0.05, 0) is 60.0 Å². The van der Waals surface area contributed by atoms with Crippen LogP contribution >= 0.6 is 36.1 Å². The Balaban J connectivity index is 1.52. The van der Waals surface area contributed by atoms with Crippen LogP contribution in [0.5, 0.6) is 17.2 Å². The van der Waals surface area contributed by atoms with E-state index in [9.17, 15) is 41.3 Å². The van der Waals surface area contributed by atoms with Crippen molar-refractivity contribution in [3.63, 3.8) is 0 Å². The highest BCUT2D eigenvalue weighted by atomic mass is 32.2. The van der Waals surface area contributed by atoms with Crippen molar-refractivity contribution in [3.05, 3.63) is 66.7 Å². The summed E-state index contributed by atoms with van der Waals surface area (Å²) >= 11 is 1.10. The maximum atomic E-state index is 12.7. The van der Waals surface area contributed by atoms with E-state index in [0.717, 1.165) is 24.3 Å². The summed E-state index contributed by atoms with van der Waals surface area (Å²) < 4.78 is 81.7. The van der Waals surface area contributed by atoms with Gasteiger partial charge in [0.1, 0.15) is 33.5 Å². The Kier molecular flexibility index (Phi) is 12.8. The summed E-state index contributed by atoms with van der Waals surface area (Å²) in [5.74, 6) is -1.70. The number of rotatable bonds is 15. The Morgan fingerprint density at radius 2 is 1.28 bits per heavy atom. The van der Waals surface area contributed by atoms with E-state index in [1.54, 1.807) is 0 Å². The fraction of sp³-hybridized carbons (Fsp3) is 0. The van der Waals surface area contributed by atoms with E-state index in [-0.39, 0.29) is 65.4 Å². The van der Waals surface area contributed by atoms with Crippen LogP contribution in [0.1, 0.15) is 0 Å². The van der Waals surface area contributed by atoms with Gasteiger partial charge < -0.3 is 21.1 Å². The highest BCUT2D eigenvalue weighted by Gasteiger charge is 2.26. The Bertz CT molecular complexity index is 2880. The van der Waals surface area contributed by atoms with E-state index in [0.29, 0.717) is 24.1 Å². The zero-order valence-electron chi connectivity index (χ0n) is 27.9. The molecule has 0 fully saturated rings. The van der Waals surface area contributed by atoms with Crippen molar-refractivity contribution in [3.8, 4) is 17.2 Å². The number of nitrogen functional groups attached to an aromatic ring is 1. The molecule has 0 saturated carbocycles. The third-order valence-electron chi connectivity index (χ3n) is 7.79. The molecule has 58 heavy (non-hydrogen) atoms. The Labute approximate surface area is 335 Å². The fourth-order valence-corrected chi connectivity index (χ4v) is 8.12. The van der Waals surface area contributed by atoms with Crippen molar-refractivity contribution in [1.82, 2.24) is 0 Å². The smallest absolute Gasteiger partial charge is 0.295 e. The van der Waals surface area contributed by atoms with Crippen LogP contribution in [0, 0.1) is 0 Å². The van der Waals surface area contributed by atoms with Crippen LogP contribution in [-0.2, 0) is 48.4 Å². The lowest BCUT2D eigenvalue weighted by atomic mass is 10.0. The quantitative estimate of drug-likeness (QED) is 0.0116. The van der Waals surface area contributed by atoms with Gasteiger partial charge in [0.2, 0.25) is 0 Å². The number of hydrogen-bond acceptors (Lipinski definition) is 24. The van der Waals surface area contributed by atoms with Crippen LogP contribution in [0.3, 0.4) is 0 Å². The molecule has 0 bridgehead atoms. The van der Waals surface area contributed by atoms with Crippen molar-refractivity contribution >= 4 is 117 Å². The van der Waals surface area contributed by atoms with Crippen LogP contribution in [0.15, 0.2) is 112 Å². The third kappa shape index (κ3) is 9.01. The topological polar surface area (TPSA) is 361 Å². The van der Waals surface area contributed by atoms with E-state index >= 15 is 0 Å². The molecule has 0 aliphatic carbocycles. The third-order valence-corrected chi connectivity index (χ3v) is 11.4. The van der Waals surface area contributed by atoms with Gasteiger partial charge in [-0.25, -0.2) is 15.8 Å². The number of benzene rings is 6. The van der Waals surface area contributed by atoms with Crippen LogP contribution in [-0.4, -0.2) is 57.0 Å². The van der Waals surface area contributed by atoms with E-state index in [4.69, 9.17) is 21.5 Å². The maximum Gasteiger partial charge on any atom is 0.295 e. The Morgan fingerprint density at radius 3 is 1.97 bits per heavy atom. The summed E-state index contributed by atoms with van der Waals surface area (Å²) in [4.78, 5) is -1.47. The average molecular weight is 900 g/mol.